The molecule has 1 aromatic heterocycles. The molecule has 0 saturated carbocycles. The molecule has 0 bridgehead atoms. The van der Waals surface area contributed by atoms with Crippen molar-refractivity contribution in [2.24, 2.45) is 0 Å². The lowest BCUT2D eigenvalue weighted by atomic mass is 10.1. The van der Waals surface area contributed by atoms with Crippen molar-refractivity contribution in [1.29, 1.82) is 0 Å². The Morgan fingerprint density at radius 3 is 2.78 bits per heavy atom. The predicted molar refractivity (Wildman–Crippen MR) is 65.1 cm³/mol. The van der Waals surface area contributed by atoms with E-state index in [1.54, 1.807) is 19.1 Å². The van der Waals surface area contributed by atoms with Crippen LogP contribution >= 0.6 is 0 Å². The van der Waals surface area contributed by atoms with Crippen molar-refractivity contribution < 1.29 is 19.1 Å². The molecule has 94 valence electrons. The Labute approximate surface area is 103 Å². The van der Waals surface area contributed by atoms with Crippen LogP contribution in [0.4, 0.5) is 0 Å². The van der Waals surface area contributed by atoms with Gasteiger partial charge in [-0.1, -0.05) is 0 Å². The Kier molecular flexibility index (Phi) is 3.06. The molecule has 2 aromatic rings. The van der Waals surface area contributed by atoms with E-state index in [0.717, 1.165) is 10.9 Å². The molecule has 0 aliphatic rings. The normalized spacial score (nSPS) is 10.6. The fourth-order valence-electron chi connectivity index (χ4n) is 1.80. The SMILES string of the molecule is Cc1cc(=O)oc2c(C)c(OCC(=O)O)ccc12. The first-order chi connectivity index (χ1) is 8.49. The second-order valence-electron chi connectivity index (χ2n) is 4.00. The van der Waals surface area contributed by atoms with Crippen LogP contribution in [0.25, 0.3) is 11.0 Å². The van der Waals surface area contributed by atoms with Gasteiger partial charge in [0.15, 0.2) is 6.61 Å². The molecule has 18 heavy (non-hydrogen) atoms. The summed E-state index contributed by atoms with van der Waals surface area (Å²) in [5.41, 5.74) is 1.44. The van der Waals surface area contributed by atoms with Crippen molar-refractivity contribution in [2.75, 3.05) is 6.61 Å². The summed E-state index contributed by atoms with van der Waals surface area (Å²) in [5.74, 6) is -0.654. The van der Waals surface area contributed by atoms with Crippen LogP contribution in [0, 0.1) is 13.8 Å². The Hall–Kier alpha value is -2.30. The Bertz CT molecular complexity index is 669. The molecule has 0 atom stereocenters. The van der Waals surface area contributed by atoms with Crippen LogP contribution in [0.15, 0.2) is 27.4 Å². The highest BCUT2D eigenvalue weighted by Gasteiger charge is 2.10. The summed E-state index contributed by atoms with van der Waals surface area (Å²) >= 11 is 0. The molecule has 2 rings (SSSR count). The van der Waals surface area contributed by atoms with Crippen molar-refractivity contribution in [3.05, 3.63) is 39.7 Å². The molecule has 5 heteroatoms. The number of hydrogen-bond donors (Lipinski definition) is 1. The van der Waals surface area contributed by atoms with E-state index in [0.29, 0.717) is 16.9 Å². The number of rotatable bonds is 3. The number of carboxylic acid groups (broad SMARTS) is 1. The molecule has 0 amide bonds. The third kappa shape index (κ3) is 2.20. The van der Waals surface area contributed by atoms with Crippen LogP contribution in [0.2, 0.25) is 0 Å². The molecule has 1 N–H and O–H groups in total. The monoisotopic (exact) mass is 248 g/mol. The molecule has 0 saturated heterocycles. The summed E-state index contributed by atoms with van der Waals surface area (Å²) < 4.78 is 10.3. The minimum Gasteiger partial charge on any atom is -0.481 e. The van der Waals surface area contributed by atoms with Gasteiger partial charge in [-0.05, 0) is 31.5 Å². The van der Waals surface area contributed by atoms with Crippen LogP contribution < -0.4 is 10.4 Å². The van der Waals surface area contributed by atoms with Crippen LogP contribution in [-0.2, 0) is 4.79 Å². The van der Waals surface area contributed by atoms with Crippen LogP contribution in [0.5, 0.6) is 5.75 Å². The lowest BCUT2D eigenvalue weighted by Crippen LogP contribution is -2.10. The number of aliphatic carboxylic acids is 1. The van der Waals surface area contributed by atoms with Crippen LogP contribution in [0.3, 0.4) is 0 Å². The molecule has 0 aliphatic heterocycles. The summed E-state index contributed by atoms with van der Waals surface area (Å²) in [6, 6.07) is 4.84. The number of ether oxygens (including phenoxy) is 1. The molecule has 0 unspecified atom stereocenters. The Morgan fingerprint density at radius 1 is 1.39 bits per heavy atom. The van der Waals surface area contributed by atoms with Gasteiger partial charge in [-0.3, -0.25) is 0 Å². The van der Waals surface area contributed by atoms with E-state index in [9.17, 15) is 9.59 Å². The average molecular weight is 248 g/mol. The van der Waals surface area contributed by atoms with E-state index in [1.165, 1.54) is 6.07 Å². The van der Waals surface area contributed by atoms with E-state index in [1.807, 2.05) is 6.92 Å². The maximum Gasteiger partial charge on any atom is 0.341 e. The number of fused-ring (bicyclic) bond motifs is 1. The smallest absolute Gasteiger partial charge is 0.341 e. The quantitative estimate of drug-likeness (QED) is 0.839. The summed E-state index contributed by atoms with van der Waals surface area (Å²) in [5, 5.41) is 9.38. The van der Waals surface area contributed by atoms with E-state index in [-0.39, 0.29) is 0 Å². The molecule has 1 aromatic carbocycles. The molecule has 1 heterocycles. The van der Waals surface area contributed by atoms with Gasteiger partial charge in [0, 0.05) is 17.0 Å². The third-order valence-electron chi connectivity index (χ3n) is 2.67. The van der Waals surface area contributed by atoms with E-state index in [4.69, 9.17) is 14.3 Å². The first-order valence-electron chi connectivity index (χ1n) is 5.37. The van der Waals surface area contributed by atoms with Crippen molar-refractivity contribution in [3.8, 4) is 5.75 Å². The van der Waals surface area contributed by atoms with E-state index < -0.39 is 18.2 Å². The number of aryl methyl sites for hydroxylation is 2. The van der Waals surface area contributed by atoms with Gasteiger partial charge in [0.2, 0.25) is 0 Å². The van der Waals surface area contributed by atoms with Crippen molar-refractivity contribution in [2.45, 2.75) is 13.8 Å². The standard InChI is InChI=1S/C13H12O5/c1-7-5-12(16)18-13-8(2)10(4-3-9(7)13)17-6-11(14)15/h3-5H,6H2,1-2H3,(H,14,15). The Morgan fingerprint density at radius 2 is 2.11 bits per heavy atom. The average Bonchev–Trinajstić information content (AvgIpc) is 2.29. The van der Waals surface area contributed by atoms with E-state index >= 15 is 0 Å². The first kappa shape index (κ1) is 12.2. The lowest BCUT2D eigenvalue weighted by Gasteiger charge is -2.09. The number of carbonyl (C=O) groups is 1. The second-order valence-corrected chi connectivity index (χ2v) is 4.00. The second kappa shape index (κ2) is 4.52. The van der Waals surface area contributed by atoms with Gasteiger partial charge >= 0.3 is 11.6 Å². The fraction of sp³-hybridized carbons (Fsp3) is 0.231. The highest BCUT2D eigenvalue weighted by atomic mass is 16.5. The largest absolute Gasteiger partial charge is 0.481 e. The summed E-state index contributed by atoms with van der Waals surface area (Å²) in [7, 11) is 0. The van der Waals surface area contributed by atoms with Gasteiger partial charge in [-0.15, -0.1) is 0 Å². The van der Waals surface area contributed by atoms with E-state index in [2.05, 4.69) is 0 Å². The highest BCUT2D eigenvalue weighted by molar-refractivity contribution is 5.84. The molecule has 0 aliphatic carbocycles. The van der Waals surface area contributed by atoms with Gasteiger partial charge in [-0.25, -0.2) is 9.59 Å². The zero-order valence-electron chi connectivity index (χ0n) is 10.0. The summed E-state index contributed by atoms with van der Waals surface area (Å²) in [6.07, 6.45) is 0. The first-order valence-corrected chi connectivity index (χ1v) is 5.37. The highest BCUT2D eigenvalue weighted by Crippen LogP contribution is 2.27. The summed E-state index contributed by atoms with van der Waals surface area (Å²) in [6.45, 7) is 3.11. The van der Waals surface area contributed by atoms with Crippen molar-refractivity contribution >= 4 is 16.9 Å². The number of carboxylic acids is 1. The maximum atomic E-state index is 11.3. The molecule has 0 radical (unpaired) electrons. The predicted octanol–water partition coefficient (Wildman–Crippen LogP) is 1.87. The third-order valence-corrected chi connectivity index (χ3v) is 2.67. The maximum absolute atomic E-state index is 11.3. The topological polar surface area (TPSA) is 76.7 Å². The lowest BCUT2D eigenvalue weighted by molar-refractivity contribution is -0.139. The molecule has 0 spiro atoms. The Balaban J connectivity index is 2.56. The number of hydrogen-bond acceptors (Lipinski definition) is 4. The zero-order chi connectivity index (χ0) is 13.3. The fourth-order valence-corrected chi connectivity index (χ4v) is 1.80. The van der Waals surface area contributed by atoms with Gasteiger partial charge in [0.1, 0.15) is 11.3 Å². The molecule has 5 nitrogen and oxygen atoms in total. The van der Waals surface area contributed by atoms with Gasteiger partial charge in [0.25, 0.3) is 0 Å². The summed E-state index contributed by atoms with van der Waals surface area (Å²) in [4.78, 5) is 21.8. The minimum atomic E-state index is -1.06. The number of benzene rings is 1. The molecular weight excluding hydrogens is 236 g/mol. The van der Waals surface area contributed by atoms with Crippen LogP contribution in [-0.4, -0.2) is 17.7 Å². The van der Waals surface area contributed by atoms with Gasteiger partial charge < -0.3 is 14.3 Å². The van der Waals surface area contributed by atoms with Gasteiger partial charge in [0.05, 0.1) is 0 Å². The van der Waals surface area contributed by atoms with Crippen molar-refractivity contribution in [1.82, 2.24) is 0 Å². The van der Waals surface area contributed by atoms with Crippen molar-refractivity contribution in [3.63, 3.8) is 0 Å². The minimum absolute atomic E-state index is 0.402. The van der Waals surface area contributed by atoms with Gasteiger partial charge in [-0.2, -0.15) is 0 Å². The molecular formula is C13H12O5. The zero-order valence-corrected chi connectivity index (χ0v) is 10.0. The van der Waals surface area contributed by atoms with Crippen LogP contribution in [0.1, 0.15) is 11.1 Å². The molecule has 0 fully saturated rings.